The zero-order chi connectivity index (χ0) is 10.0. The van der Waals surface area contributed by atoms with Crippen molar-refractivity contribution < 1.29 is 4.74 Å². The summed E-state index contributed by atoms with van der Waals surface area (Å²) in [5.41, 5.74) is 0.970. The molecule has 2 unspecified atom stereocenters. The maximum atomic E-state index is 5.86. The summed E-state index contributed by atoms with van der Waals surface area (Å²) in [6.45, 7) is 10.7. The van der Waals surface area contributed by atoms with Crippen molar-refractivity contribution in [3.63, 3.8) is 0 Å². The van der Waals surface area contributed by atoms with Crippen molar-refractivity contribution in [2.75, 3.05) is 19.7 Å². The largest absolute Gasteiger partial charge is 0.368 e. The van der Waals surface area contributed by atoms with E-state index in [0.29, 0.717) is 11.0 Å². The molecule has 0 radical (unpaired) electrons. The Morgan fingerprint density at radius 1 is 1.14 bits per heavy atom. The number of hydrogen-bond acceptors (Lipinski definition) is 2. The van der Waals surface area contributed by atoms with Crippen LogP contribution in [-0.2, 0) is 4.74 Å². The molecule has 80 valence electrons. The van der Waals surface area contributed by atoms with E-state index < -0.39 is 0 Å². The van der Waals surface area contributed by atoms with Crippen LogP contribution in [0.15, 0.2) is 0 Å². The topological polar surface area (TPSA) is 15.8 Å². The minimum atomic E-state index is 0.252. The van der Waals surface area contributed by atoms with Crippen molar-refractivity contribution in [3.8, 4) is 0 Å². The minimum Gasteiger partial charge on any atom is -0.368 e. The maximum absolute atomic E-state index is 5.86. The van der Waals surface area contributed by atoms with Gasteiger partial charge in [0.2, 0.25) is 0 Å². The Balaban J connectivity index is 2.07. The van der Waals surface area contributed by atoms with Crippen LogP contribution in [0, 0.1) is 5.41 Å². The van der Waals surface area contributed by atoms with Gasteiger partial charge in [0, 0.05) is 6.54 Å². The van der Waals surface area contributed by atoms with Crippen LogP contribution < -0.4 is 0 Å². The molecule has 3 fully saturated rings. The highest BCUT2D eigenvalue weighted by Crippen LogP contribution is 2.61. The minimum absolute atomic E-state index is 0.252. The van der Waals surface area contributed by atoms with E-state index in [-0.39, 0.29) is 5.60 Å². The number of ether oxygens (including phenoxy) is 1. The second-order valence-electron chi connectivity index (χ2n) is 6.23. The third kappa shape index (κ3) is 0.809. The molecule has 0 aromatic heterocycles. The molecule has 3 heterocycles. The third-order valence-electron chi connectivity index (χ3n) is 4.78. The molecule has 0 aromatic carbocycles. The Hall–Kier alpha value is -0.0800. The van der Waals surface area contributed by atoms with Crippen molar-refractivity contribution >= 4 is 0 Å². The average Bonchev–Trinajstić information content (AvgIpc) is 2.59. The van der Waals surface area contributed by atoms with Crippen molar-refractivity contribution in [1.29, 1.82) is 0 Å². The maximum Gasteiger partial charge on any atom is 0.112 e. The first-order valence-electron chi connectivity index (χ1n) is 5.91. The van der Waals surface area contributed by atoms with Crippen molar-refractivity contribution in [1.82, 2.24) is 4.90 Å². The first-order chi connectivity index (χ1) is 6.52. The van der Waals surface area contributed by atoms with E-state index in [4.69, 9.17) is 4.74 Å². The van der Waals surface area contributed by atoms with E-state index in [0.717, 1.165) is 6.61 Å². The molecule has 3 aliphatic heterocycles. The summed E-state index contributed by atoms with van der Waals surface area (Å²) >= 11 is 0. The fraction of sp³-hybridized carbons (Fsp3) is 1.00. The molecule has 3 rings (SSSR count). The van der Waals surface area contributed by atoms with Gasteiger partial charge >= 0.3 is 0 Å². The van der Waals surface area contributed by atoms with Crippen LogP contribution >= 0.6 is 0 Å². The fourth-order valence-electron chi connectivity index (χ4n) is 4.22. The lowest BCUT2D eigenvalue weighted by atomic mass is 9.65. The predicted molar refractivity (Wildman–Crippen MR) is 56.3 cm³/mol. The van der Waals surface area contributed by atoms with Crippen LogP contribution in [-0.4, -0.2) is 35.7 Å². The van der Waals surface area contributed by atoms with E-state index in [1.54, 1.807) is 0 Å². The van der Waals surface area contributed by atoms with Gasteiger partial charge in [0.05, 0.1) is 12.1 Å². The first-order valence-corrected chi connectivity index (χ1v) is 5.91. The molecule has 0 bridgehead atoms. The number of epoxide rings is 1. The summed E-state index contributed by atoms with van der Waals surface area (Å²) in [5, 5.41) is 0. The number of nitrogens with zero attached hydrogens (tertiary/aromatic N) is 1. The summed E-state index contributed by atoms with van der Waals surface area (Å²) in [6.07, 6.45) is 3.98. The Bertz CT molecular complexity index is 264. The molecule has 2 nitrogen and oxygen atoms in total. The predicted octanol–water partition coefficient (Wildman–Crippen LogP) is 2.04. The summed E-state index contributed by atoms with van der Waals surface area (Å²) in [6, 6.07) is 0. The molecular formula is C12H21NO. The molecule has 3 saturated heterocycles. The Morgan fingerprint density at radius 3 is 2.43 bits per heavy atom. The second kappa shape index (κ2) is 2.35. The summed E-state index contributed by atoms with van der Waals surface area (Å²) in [7, 11) is 0. The van der Waals surface area contributed by atoms with Gasteiger partial charge in [-0.2, -0.15) is 0 Å². The van der Waals surface area contributed by atoms with E-state index in [1.165, 1.54) is 32.4 Å². The van der Waals surface area contributed by atoms with Crippen molar-refractivity contribution in [2.24, 2.45) is 5.41 Å². The zero-order valence-corrected chi connectivity index (χ0v) is 9.60. The lowest BCUT2D eigenvalue weighted by Gasteiger charge is -2.47. The Kier molecular flexibility index (Phi) is 1.54. The molecule has 0 saturated carbocycles. The lowest BCUT2D eigenvalue weighted by molar-refractivity contribution is 0.00899. The highest BCUT2D eigenvalue weighted by Gasteiger charge is 2.72. The molecular weight excluding hydrogens is 174 g/mol. The number of fused-ring (bicyclic) bond motifs is 2. The highest BCUT2D eigenvalue weighted by atomic mass is 16.6. The van der Waals surface area contributed by atoms with E-state index in [2.05, 4.69) is 25.7 Å². The van der Waals surface area contributed by atoms with Crippen LogP contribution in [0.3, 0.4) is 0 Å². The highest BCUT2D eigenvalue weighted by molar-refractivity contribution is 5.25. The smallest absolute Gasteiger partial charge is 0.112 e. The quantitative estimate of drug-likeness (QED) is 0.550. The van der Waals surface area contributed by atoms with Crippen LogP contribution in [0.4, 0.5) is 0 Å². The van der Waals surface area contributed by atoms with E-state index >= 15 is 0 Å². The second-order valence-corrected chi connectivity index (χ2v) is 6.23. The zero-order valence-electron chi connectivity index (χ0n) is 9.60. The van der Waals surface area contributed by atoms with Gasteiger partial charge in [-0.25, -0.2) is 0 Å². The van der Waals surface area contributed by atoms with Gasteiger partial charge in [-0.3, -0.25) is 4.90 Å². The normalized spacial score (nSPS) is 47.4. The first kappa shape index (κ1) is 9.17. The van der Waals surface area contributed by atoms with Crippen molar-refractivity contribution in [2.45, 2.75) is 51.2 Å². The molecule has 14 heavy (non-hydrogen) atoms. The Morgan fingerprint density at radius 2 is 1.86 bits per heavy atom. The average molecular weight is 195 g/mol. The van der Waals surface area contributed by atoms with Crippen LogP contribution in [0.2, 0.25) is 0 Å². The van der Waals surface area contributed by atoms with Gasteiger partial charge in [0.15, 0.2) is 0 Å². The molecule has 0 amide bonds. The van der Waals surface area contributed by atoms with E-state index in [9.17, 15) is 0 Å². The van der Waals surface area contributed by atoms with Gasteiger partial charge in [-0.05, 0) is 31.2 Å². The standard InChI is InChI=1S/C12H21NO/c1-10(2,3)12-5-4-7-13(12)8-6-11(12)9-14-11/h4-9H2,1-3H3. The SMILES string of the molecule is CC(C)(C)C12CCCN1CCC21CO1. The summed E-state index contributed by atoms with van der Waals surface area (Å²) < 4.78 is 5.86. The van der Waals surface area contributed by atoms with Gasteiger partial charge < -0.3 is 4.74 Å². The Labute approximate surface area is 86.6 Å². The lowest BCUT2D eigenvalue weighted by Crippen LogP contribution is -2.57. The number of rotatable bonds is 0. The van der Waals surface area contributed by atoms with Crippen LogP contribution in [0.1, 0.15) is 40.0 Å². The van der Waals surface area contributed by atoms with Gasteiger partial charge in [0.1, 0.15) is 5.60 Å². The fourth-order valence-corrected chi connectivity index (χ4v) is 4.22. The summed E-state index contributed by atoms with van der Waals surface area (Å²) in [5.74, 6) is 0. The molecule has 0 aromatic rings. The van der Waals surface area contributed by atoms with E-state index in [1.807, 2.05) is 0 Å². The van der Waals surface area contributed by atoms with Gasteiger partial charge in [-0.1, -0.05) is 20.8 Å². The van der Waals surface area contributed by atoms with Gasteiger partial charge in [-0.15, -0.1) is 0 Å². The molecule has 0 N–H and O–H groups in total. The van der Waals surface area contributed by atoms with Gasteiger partial charge in [0.25, 0.3) is 0 Å². The molecule has 1 spiro atoms. The van der Waals surface area contributed by atoms with Crippen molar-refractivity contribution in [3.05, 3.63) is 0 Å². The molecule has 2 heteroatoms. The monoisotopic (exact) mass is 195 g/mol. The molecule has 2 atom stereocenters. The van der Waals surface area contributed by atoms with Crippen LogP contribution in [0.5, 0.6) is 0 Å². The summed E-state index contributed by atoms with van der Waals surface area (Å²) in [4.78, 5) is 2.71. The number of hydrogen-bond donors (Lipinski definition) is 0. The molecule has 3 aliphatic rings. The van der Waals surface area contributed by atoms with Crippen LogP contribution in [0.25, 0.3) is 0 Å². The molecule has 0 aliphatic carbocycles. The third-order valence-corrected chi connectivity index (χ3v) is 4.78.